The van der Waals surface area contributed by atoms with Crippen molar-refractivity contribution in [3.05, 3.63) is 58.1 Å². The molecule has 126 valence electrons. The van der Waals surface area contributed by atoms with E-state index in [-0.39, 0.29) is 28.8 Å². The van der Waals surface area contributed by atoms with Crippen LogP contribution in [-0.2, 0) is 10.0 Å². The number of hydrogen-bond donors (Lipinski definition) is 0. The Morgan fingerprint density at radius 1 is 1.25 bits per heavy atom. The molecule has 7 nitrogen and oxygen atoms in total. The van der Waals surface area contributed by atoms with Crippen LogP contribution in [-0.4, -0.2) is 27.0 Å². The van der Waals surface area contributed by atoms with Gasteiger partial charge in [-0.2, -0.15) is 0 Å². The third-order valence-corrected chi connectivity index (χ3v) is 5.90. The van der Waals surface area contributed by atoms with Crippen LogP contribution in [0.15, 0.2) is 47.4 Å². The number of non-ortho nitro benzene ring substituents is 1. The van der Waals surface area contributed by atoms with E-state index in [9.17, 15) is 18.5 Å². The summed E-state index contributed by atoms with van der Waals surface area (Å²) in [7, 11) is -2.65. The number of rotatable bonds is 4. The third-order valence-electron chi connectivity index (χ3n) is 4.10. The second-order valence-electron chi connectivity index (χ2n) is 5.59. The van der Waals surface area contributed by atoms with Gasteiger partial charge in [0.15, 0.2) is 0 Å². The molecule has 0 aromatic heterocycles. The minimum absolute atomic E-state index is 0.0423. The first-order valence-electron chi connectivity index (χ1n) is 7.30. The molecule has 1 atom stereocenters. The van der Waals surface area contributed by atoms with E-state index in [0.29, 0.717) is 5.69 Å². The molecule has 8 heteroatoms. The molecule has 0 fully saturated rings. The van der Waals surface area contributed by atoms with E-state index in [4.69, 9.17) is 4.74 Å². The fraction of sp³-hybridized carbons (Fsp3) is 0.250. The smallest absolute Gasteiger partial charge is 0.271 e. The lowest BCUT2D eigenvalue weighted by Gasteiger charge is -2.21. The molecule has 0 spiro atoms. The van der Waals surface area contributed by atoms with Gasteiger partial charge >= 0.3 is 0 Å². The first-order chi connectivity index (χ1) is 11.4. The molecular weight excluding hydrogens is 332 g/mol. The molecule has 2 aromatic carbocycles. The highest BCUT2D eigenvalue weighted by Gasteiger charge is 2.36. The Morgan fingerprint density at radius 3 is 2.62 bits per heavy atom. The number of benzene rings is 2. The topological polar surface area (TPSA) is 89.7 Å². The molecule has 0 amide bonds. The number of nitrogens with zero attached hydrogens (tertiary/aromatic N) is 2. The predicted molar refractivity (Wildman–Crippen MR) is 89.0 cm³/mol. The monoisotopic (exact) mass is 348 g/mol. The molecule has 0 bridgehead atoms. The van der Waals surface area contributed by atoms with Gasteiger partial charge < -0.3 is 4.74 Å². The molecule has 2 aromatic rings. The van der Waals surface area contributed by atoms with E-state index >= 15 is 0 Å². The van der Waals surface area contributed by atoms with Gasteiger partial charge in [0.1, 0.15) is 10.6 Å². The summed E-state index contributed by atoms with van der Waals surface area (Å²) in [5.41, 5.74) is 1.24. The molecule has 1 aliphatic heterocycles. The molecule has 3 rings (SSSR count). The lowest BCUT2D eigenvalue weighted by atomic mass is 10.0. The van der Waals surface area contributed by atoms with Gasteiger partial charge in [0.2, 0.25) is 0 Å². The van der Waals surface area contributed by atoms with Crippen molar-refractivity contribution < 1.29 is 18.1 Å². The fourth-order valence-corrected chi connectivity index (χ4v) is 4.66. The Labute approximate surface area is 139 Å². The van der Waals surface area contributed by atoms with Crippen LogP contribution in [0, 0.1) is 10.1 Å². The molecular formula is C16H16N2O5S. The van der Waals surface area contributed by atoms with Gasteiger partial charge in [0.05, 0.1) is 17.7 Å². The van der Waals surface area contributed by atoms with Crippen molar-refractivity contribution in [1.82, 2.24) is 0 Å². The lowest BCUT2D eigenvalue weighted by Crippen LogP contribution is -2.30. The van der Waals surface area contributed by atoms with Crippen molar-refractivity contribution in [2.75, 3.05) is 18.0 Å². The maximum Gasteiger partial charge on any atom is 0.271 e. The summed E-state index contributed by atoms with van der Waals surface area (Å²) in [5.74, 6) is 0.123. The Morgan fingerprint density at radius 2 is 1.96 bits per heavy atom. The largest absolute Gasteiger partial charge is 0.495 e. The van der Waals surface area contributed by atoms with Crippen LogP contribution in [0.25, 0.3) is 0 Å². The molecule has 0 saturated carbocycles. The highest BCUT2D eigenvalue weighted by Crippen LogP contribution is 2.41. The molecule has 1 aliphatic rings. The number of methoxy groups -OCH3 is 1. The van der Waals surface area contributed by atoms with Crippen LogP contribution in [0.5, 0.6) is 5.75 Å². The molecule has 0 radical (unpaired) electrons. The van der Waals surface area contributed by atoms with E-state index < -0.39 is 14.9 Å². The van der Waals surface area contributed by atoms with Crippen LogP contribution in [0.3, 0.4) is 0 Å². The second-order valence-corrected chi connectivity index (χ2v) is 7.42. The zero-order chi connectivity index (χ0) is 17.5. The van der Waals surface area contributed by atoms with Crippen LogP contribution in [0.2, 0.25) is 0 Å². The first kappa shape index (κ1) is 16.3. The highest BCUT2D eigenvalue weighted by molar-refractivity contribution is 7.93. The van der Waals surface area contributed by atoms with Gasteiger partial charge in [-0.15, -0.1) is 0 Å². The van der Waals surface area contributed by atoms with Gasteiger partial charge in [-0.3, -0.25) is 14.4 Å². The summed E-state index contributed by atoms with van der Waals surface area (Å²) >= 11 is 0. The van der Waals surface area contributed by atoms with E-state index in [2.05, 4.69) is 0 Å². The quantitative estimate of drug-likeness (QED) is 0.626. The summed E-state index contributed by atoms with van der Waals surface area (Å²) in [5, 5.41) is 11.0. The molecule has 0 aliphatic carbocycles. The van der Waals surface area contributed by atoms with Crippen molar-refractivity contribution in [3.8, 4) is 5.75 Å². The molecule has 0 N–H and O–H groups in total. The van der Waals surface area contributed by atoms with E-state index in [1.165, 1.54) is 23.5 Å². The number of nitro benzene ring substituents is 1. The average molecular weight is 348 g/mol. The summed E-state index contributed by atoms with van der Waals surface area (Å²) in [4.78, 5) is 10.2. The SMILES string of the molecule is COc1ccc([N+](=O)[O-])cc1S(=O)(=O)N1CC(C)c2ccccc21. The van der Waals surface area contributed by atoms with Crippen molar-refractivity contribution in [2.24, 2.45) is 0 Å². The minimum atomic E-state index is -3.98. The van der Waals surface area contributed by atoms with Gasteiger partial charge in [-0.25, -0.2) is 8.42 Å². The van der Waals surface area contributed by atoms with Crippen molar-refractivity contribution >= 4 is 21.4 Å². The Bertz CT molecular complexity index is 910. The number of para-hydroxylation sites is 1. The van der Waals surface area contributed by atoms with E-state index in [1.807, 2.05) is 19.1 Å². The Hall–Kier alpha value is -2.61. The Balaban J connectivity index is 2.16. The van der Waals surface area contributed by atoms with Crippen LogP contribution in [0.1, 0.15) is 18.4 Å². The first-order valence-corrected chi connectivity index (χ1v) is 8.74. The van der Waals surface area contributed by atoms with Gasteiger partial charge in [0, 0.05) is 24.6 Å². The van der Waals surface area contributed by atoms with Gasteiger partial charge in [-0.05, 0) is 17.7 Å². The third kappa shape index (κ3) is 2.48. The number of sulfonamides is 1. The molecule has 24 heavy (non-hydrogen) atoms. The molecule has 1 unspecified atom stereocenters. The fourth-order valence-electron chi connectivity index (χ4n) is 2.90. The normalized spacial score (nSPS) is 16.8. The number of ether oxygens (including phenoxy) is 1. The molecule has 0 saturated heterocycles. The van der Waals surface area contributed by atoms with Crippen LogP contribution in [0.4, 0.5) is 11.4 Å². The lowest BCUT2D eigenvalue weighted by molar-refractivity contribution is -0.385. The van der Waals surface area contributed by atoms with Crippen LogP contribution >= 0.6 is 0 Å². The highest BCUT2D eigenvalue weighted by atomic mass is 32.2. The number of fused-ring (bicyclic) bond motifs is 1. The zero-order valence-corrected chi connectivity index (χ0v) is 14.0. The summed E-state index contributed by atoms with van der Waals surface area (Å²) in [6.07, 6.45) is 0. The second kappa shape index (κ2) is 5.79. The van der Waals surface area contributed by atoms with Crippen molar-refractivity contribution in [1.29, 1.82) is 0 Å². The van der Waals surface area contributed by atoms with E-state index in [1.54, 1.807) is 12.1 Å². The summed E-state index contributed by atoms with van der Waals surface area (Å²) in [6.45, 7) is 2.23. The minimum Gasteiger partial charge on any atom is -0.495 e. The Kier molecular flexibility index (Phi) is 3.92. The van der Waals surface area contributed by atoms with E-state index in [0.717, 1.165) is 11.6 Å². The van der Waals surface area contributed by atoms with Crippen LogP contribution < -0.4 is 9.04 Å². The van der Waals surface area contributed by atoms with Crippen molar-refractivity contribution in [2.45, 2.75) is 17.7 Å². The number of nitro groups is 1. The maximum absolute atomic E-state index is 13.1. The summed E-state index contributed by atoms with van der Waals surface area (Å²) in [6, 6.07) is 10.8. The van der Waals surface area contributed by atoms with Gasteiger partial charge in [-0.1, -0.05) is 25.1 Å². The average Bonchev–Trinajstić information content (AvgIpc) is 2.92. The number of hydrogen-bond acceptors (Lipinski definition) is 5. The van der Waals surface area contributed by atoms with Gasteiger partial charge in [0.25, 0.3) is 15.7 Å². The standard InChI is InChI=1S/C16H16N2O5S/c1-11-10-17(14-6-4-3-5-13(11)14)24(21,22)16-9-12(18(19)20)7-8-15(16)23-2/h3-9,11H,10H2,1-2H3. The zero-order valence-electron chi connectivity index (χ0n) is 13.2. The maximum atomic E-state index is 13.1. The number of anilines is 1. The predicted octanol–water partition coefficient (Wildman–Crippen LogP) is 2.92. The van der Waals surface area contributed by atoms with Crippen molar-refractivity contribution in [3.63, 3.8) is 0 Å². The molecule has 1 heterocycles. The summed E-state index contributed by atoms with van der Waals surface area (Å²) < 4.78 is 32.6.